The molecule has 0 amide bonds. The van der Waals surface area contributed by atoms with Gasteiger partial charge in [0, 0.05) is 6.20 Å². The van der Waals surface area contributed by atoms with Crippen LogP contribution in [0.1, 0.15) is 25.4 Å². The van der Waals surface area contributed by atoms with E-state index < -0.39 is 0 Å². The third kappa shape index (κ3) is 2.96. The van der Waals surface area contributed by atoms with Crippen LogP contribution in [0.4, 0.5) is 0 Å². The Labute approximate surface area is 72.8 Å². The highest BCUT2D eigenvalue weighted by molar-refractivity contribution is 4.99. The van der Waals surface area contributed by atoms with Crippen LogP contribution in [0.5, 0.6) is 0 Å². The average Bonchev–Trinajstić information content (AvgIpc) is 2.01. The summed E-state index contributed by atoms with van der Waals surface area (Å²) in [6.07, 6.45) is 2.00. The average molecular weight is 166 g/mol. The lowest BCUT2D eigenvalue weighted by molar-refractivity contribution is 0.0634. The van der Waals surface area contributed by atoms with E-state index in [0.717, 1.165) is 11.5 Å². The predicted molar refractivity (Wildman–Crippen MR) is 46.7 cm³/mol. The second-order valence-corrected chi connectivity index (χ2v) is 2.95. The Bertz CT molecular complexity index is 248. The molecular weight excluding hydrogens is 152 g/mol. The van der Waals surface area contributed by atoms with E-state index in [0.29, 0.717) is 6.61 Å². The van der Waals surface area contributed by atoms with Crippen LogP contribution in [0.25, 0.3) is 0 Å². The summed E-state index contributed by atoms with van der Waals surface area (Å²) in [6.45, 7) is 6.46. The topological polar surface area (TPSA) is 35.0 Å². The minimum Gasteiger partial charge on any atom is -0.373 e. The highest BCUT2D eigenvalue weighted by Gasteiger charge is 1.97. The zero-order chi connectivity index (χ0) is 8.97. The minimum absolute atomic E-state index is 0.250. The maximum absolute atomic E-state index is 5.39. The maximum atomic E-state index is 5.39. The van der Waals surface area contributed by atoms with Gasteiger partial charge in [-0.1, -0.05) is 0 Å². The molecule has 0 aromatic carbocycles. The van der Waals surface area contributed by atoms with Gasteiger partial charge in [0.25, 0.3) is 0 Å². The number of aryl methyl sites for hydroxylation is 1. The fraction of sp³-hybridized carbons (Fsp3) is 0.556. The molecule has 0 aliphatic heterocycles. The van der Waals surface area contributed by atoms with E-state index in [1.165, 1.54) is 0 Å². The van der Waals surface area contributed by atoms with E-state index in [4.69, 9.17) is 4.74 Å². The number of nitrogens with zero attached hydrogens (tertiary/aromatic N) is 2. The van der Waals surface area contributed by atoms with Gasteiger partial charge in [-0.2, -0.15) is 0 Å². The Morgan fingerprint density at radius 1 is 1.50 bits per heavy atom. The lowest BCUT2D eigenvalue weighted by atomic mass is 10.4. The summed E-state index contributed by atoms with van der Waals surface area (Å²) >= 11 is 0. The first-order valence-corrected chi connectivity index (χ1v) is 4.08. The van der Waals surface area contributed by atoms with Crippen LogP contribution in [-0.4, -0.2) is 16.1 Å². The molecule has 1 rings (SSSR count). The molecule has 0 spiro atoms. The summed E-state index contributed by atoms with van der Waals surface area (Å²) in [4.78, 5) is 8.21. The second-order valence-electron chi connectivity index (χ2n) is 2.95. The summed E-state index contributed by atoms with van der Waals surface area (Å²) in [6, 6.07) is 1.87. The van der Waals surface area contributed by atoms with Crippen LogP contribution in [0.15, 0.2) is 12.3 Å². The summed E-state index contributed by atoms with van der Waals surface area (Å²) < 4.78 is 5.39. The van der Waals surface area contributed by atoms with E-state index in [1.807, 2.05) is 26.8 Å². The maximum Gasteiger partial charge on any atom is 0.125 e. The number of aromatic nitrogens is 2. The molecule has 0 bridgehead atoms. The van der Waals surface area contributed by atoms with E-state index >= 15 is 0 Å². The number of ether oxygens (including phenoxy) is 1. The number of hydrogen-bond acceptors (Lipinski definition) is 3. The summed E-state index contributed by atoms with van der Waals surface area (Å²) in [5.74, 6) is 0.792. The van der Waals surface area contributed by atoms with Crippen molar-refractivity contribution in [2.75, 3.05) is 0 Å². The Balaban J connectivity index is 2.52. The molecule has 0 N–H and O–H groups in total. The van der Waals surface area contributed by atoms with Gasteiger partial charge in [0.15, 0.2) is 0 Å². The van der Waals surface area contributed by atoms with Gasteiger partial charge in [-0.05, 0) is 26.8 Å². The van der Waals surface area contributed by atoms with Crippen molar-refractivity contribution in [3.8, 4) is 0 Å². The molecule has 1 aromatic heterocycles. The van der Waals surface area contributed by atoms with Crippen molar-refractivity contribution in [2.45, 2.75) is 33.5 Å². The molecule has 0 fully saturated rings. The summed E-state index contributed by atoms with van der Waals surface area (Å²) in [5.41, 5.74) is 0.941. The van der Waals surface area contributed by atoms with Crippen molar-refractivity contribution >= 4 is 0 Å². The second kappa shape index (κ2) is 4.16. The third-order valence-electron chi connectivity index (χ3n) is 1.40. The fourth-order valence-electron chi connectivity index (χ4n) is 0.838. The molecule has 0 saturated heterocycles. The summed E-state index contributed by atoms with van der Waals surface area (Å²) in [5, 5.41) is 0. The van der Waals surface area contributed by atoms with Gasteiger partial charge in [-0.25, -0.2) is 9.97 Å². The zero-order valence-electron chi connectivity index (χ0n) is 7.74. The smallest absolute Gasteiger partial charge is 0.125 e. The molecule has 0 aliphatic carbocycles. The largest absolute Gasteiger partial charge is 0.373 e. The first kappa shape index (κ1) is 9.13. The van der Waals surface area contributed by atoms with Crippen LogP contribution < -0.4 is 0 Å². The van der Waals surface area contributed by atoms with Crippen LogP contribution >= 0.6 is 0 Å². The van der Waals surface area contributed by atoms with Crippen molar-refractivity contribution in [3.63, 3.8) is 0 Å². The van der Waals surface area contributed by atoms with Crippen LogP contribution in [0.3, 0.4) is 0 Å². The third-order valence-corrected chi connectivity index (χ3v) is 1.40. The number of hydrogen-bond donors (Lipinski definition) is 0. The van der Waals surface area contributed by atoms with Crippen LogP contribution in [-0.2, 0) is 11.3 Å². The fourth-order valence-corrected chi connectivity index (χ4v) is 0.838. The molecule has 1 aromatic rings. The van der Waals surface area contributed by atoms with Gasteiger partial charge >= 0.3 is 0 Å². The van der Waals surface area contributed by atoms with Gasteiger partial charge in [-0.15, -0.1) is 0 Å². The monoisotopic (exact) mass is 166 g/mol. The van der Waals surface area contributed by atoms with Gasteiger partial charge < -0.3 is 4.74 Å². The van der Waals surface area contributed by atoms with E-state index in [1.54, 1.807) is 6.20 Å². The first-order chi connectivity index (χ1) is 5.68. The van der Waals surface area contributed by atoms with Crippen molar-refractivity contribution in [3.05, 3.63) is 23.8 Å². The molecular formula is C9H14N2O. The van der Waals surface area contributed by atoms with Gasteiger partial charge in [-0.3, -0.25) is 0 Å². The van der Waals surface area contributed by atoms with Gasteiger partial charge in [0.2, 0.25) is 0 Å². The van der Waals surface area contributed by atoms with E-state index in [2.05, 4.69) is 9.97 Å². The normalized spacial score (nSPS) is 10.7. The van der Waals surface area contributed by atoms with Crippen molar-refractivity contribution in [1.82, 2.24) is 9.97 Å². The van der Waals surface area contributed by atoms with Gasteiger partial charge in [0.1, 0.15) is 5.82 Å². The molecule has 0 aliphatic rings. The first-order valence-electron chi connectivity index (χ1n) is 4.08. The lowest BCUT2D eigenvalue weighted by Gasteiger charge is -2.06. The van der Waals surface area contributed by atoms with E-state index in [9.17, 15) is 0 Å². The van der Waals surface area contributed by atoms with E-state index in [-0.39, 0.29) is 6.10 Å². The molecule has 12 heavy (non-hydrogen) atoms. The molecule has 0 atom stereocenters. The highest BCUT2D eigenvalue weighted by Crippen LogP contribution is 1.99. The molecule has 66 valence electrons. The van der Waals surface area contributed by atoms with Crippen molar-refractivity contribution in [1.29, 1.82) is 0 Å². The summed E-state index contributed by atoms with van der Waals surface area (Å²) in [7, 11) is 0. The Kier molecular flexibility index (Phi) is 3.17. The van der Waals surface area contributed by atoms with Crippen LogP contribution in [0, 0.1) is 6.92 Å². The minimum atomic E-state index is 0.250. The molecule has 3 heteroatoms. The predicted octanol–water partition coefficient (Wildman–Crippen LogP) is 1.71. The Hall–Kier alpha value is -0.960. The van der Waals surface area contributed by atoms with Gasteiger partial charge in [0.05, 0.1) is 18.4 Å². The SMILES string of the molecule is Cc1nccc(COC(C)C)n1. The molecule has 0 unspecified atom stereocenters. The van der Waals surface area contributed by atoms with Crippen molar-refractivity contribution in [2.24, 2.45) is 0 Å². The lowest BCUT2D eigenvalue weighted by Crippen LogP contribution is -2.04. The Morgan fingerprint density at radius 2 is 2.25 bits per heavy atom. The molecule has 3 nitrogen and oxygen atoms in total. The van der Waals surface area contributed by atoms with Crippen molar-refractivity contribution < 1.29 is 4.74 Å². The number of rotatable bonds is 3. The molecule has 0 saturated carbocycles. The van der Waals surface area contributed by atoms with Crippen LogP contribution in [0.2, 0.25) is 0 Å². The Morgan fingerprint density at radius 3 is 2.83 bits per heavy atom. The quantitative estimate of drug-likeness (QED) is 0.685. The molecule has 1 heterocycles. The highest BCUT2D eigenvalue weighted by atomic mass is 16.5. The molecule has 0 radical (unpaired) electrons. The standard InChI is InChI=1S/C9H14N2O/c1-7(2)12-6-9-4-5-10-8(3)11-9/h4-5,7H,6H2,1-3H3. The zero-order valence-corrected chi connectivity index (χ0v) is 7.74.